The molecule has 45 heavy (non-hydrogen) atoms. The molecular weight excluding hydrogens is 558 g/mol. The first-order valence-corrected chi connectivity index (χ1v) is 17.6. The van der Waals surface area contributed by atoms with Gasteiger partial charge in [-0.2, -0.15) is 5.26 Å². The molecule has 6 rings (SSSR count). The number of hydrogen-bond donors (Lipinski definition) is 0. The van der Waals surface area contributed by atoms with E-state index in [0.29, 0.717) is 35.7 Å². The van der Waals surface area contributed by atoms with Crippen LogP contribution >= 0.6 is 0 Å². The Morgan fingerprint density at radius 2 is 1.69 bits per heavy atom. The van der Waals surface area contributed by atoms with Gasteiger partial charge in [-0.05, 0) is 114 Å². The fourth-order valence-electron chi connectivity index (χ4n) is 12.2. The third-order valence-corrected chi connectivity index (χ3v) is 15.0. The maximum Gasteiger partial charge on any atom is 0.331 e. The molecule has 0 unspecified atom stereocenters. The summed E-state index contributed by atoms with van der Waals surface area (Å²) >= 11 is 0. The molecule has 5 fully saturated rings. The number of esters is 1. The molecule has 2 bridgehead atoms. The molecule has 1 aromatic carbocycles. The summed E-state index contributed by atoms with van der Waals surface area (Å²) in [6, 6.07) is 12.2. The molecule has 244 valence electrons. The van der Waals surface area contributed by atoms with Crippen LogP contribution in [0, 0.1) is 67.5 Å². The number of nitrogens with zero attached hydrogens (tertiary/aromatic N) is 1. The Morgan fingerprint density at radius 1 is 0.978 bits per heavy atom. The first kappa shape index (κ1) is 32.5. The predicted molar refractivity (Wildman–Crippen MR) is 177 cm³/mol. The molecule has 5 aliphatic rings. The number of ether oxygens (including phenoxy) is 2. The lowest BCUT2D eigenvalue weighted by atomic mass is 9.32. The maximum absolute atomic E-state index is 13.9. The van der Waals surface area contributed by atoms with Crippen molar-refractivity contribution in [2.45, 2.75) is 112 Å². The summed E-state index contributed by atoms with van der Waals surface area (Å²) in [6.45, 7) is 17.1. The van der Waals surface area contributed by atoms with Gasteiger partial charge in [0.05, 0.1) is 18.8 Å². The molecule has 0 spiro atoms. The lowest BCUT2D eigenvalue weighted by molar-refractivity contribution is -0.233. The van der Waals surface area contributed by atoms with Gasteiger partial charge in [-0.3, -0.25) is 4.79 Å². The van der Waals surface area contributed by atoms with Crippen molar-refractivity contribution in [3.8, 4) is 6.07 Å². The number of ketones is 1. The highest BCUT2D eigenvalue weighted by atomic mass is 16.5. The third kappa shape index (κ3) is 4.87. The monoisotopic (exact) mass is 613 g/mol. The highest BCUT2D eigenvalue weighted by molar-refractivity contribution is 5.91. The predicted octanol–water partition coefficient (Wildman–Crippen LogP) is 8.82. The van der Waals surface area contributed by atoms with Crippen molar-refractivity contribution in [3.63, 3.8) is 0 Å². The minimum Gasteiger partial charge on any atom is -0.455 e. The SMILES string of the molecule is CC1(C)CC[C@]23CC[C@]4(C)[C@H](CC[C@@H]5[C@@](C)(CC#N)[C@H](C(C)(C)C(=O)COC(=O)/C=C/c6ccccc6)CC[C@]54C)[C@H]2[C@H]1OC3. The second-order valence-electron chi connectivity index (χ2n) is 17.6. The normalized spacial score (nSPS) is 41.8. The van der Waals surface area contributed by atoms with Gasteiger partial charge in [-0.25, -0.2) is 4.79 Å². The quantitative estimate of drug-likeness (QED) is 0.227. The van der Waals surface area contributed by atoms with Crippen molar-refractivity contribution >= 4 is 17.8 Å². The lowest BCUT2D eigenvalue weighted by Gasteiger charge is -2.72. The Hall–Kier alpha value is -2.45. The average Bonchev–Trinajstić information content (AvgIpc) is 3.34. The van der Waals surface area contributed by atoms with E-state index in [1.165, 1.54) is 38.2 Å². The Bertz CT molecular complexity index is 1390. The first-order chi connectivity index (χ1) is 21.1. The smallest absolute Gasteiger partial charge is 0.331 e. The van der Waals surface area contributed by atoms with Crippen molar-refractivity contribution in [2.24, 2.45) is 56.2 Å². The zero-order chi connectivity index (χ0) is 32.5. The van der Waals surface area contributed by atoms with E-state index in [1.54, 1.807) is 6.08 Å². The van der Waals surface area contributed by atoms with E-state index in [9.17, 15) is 14.9 Å². The number of rotatable bonds is 7. The van der Waals surface area contributed by atoms with Crippen molar-refractivity contribution in [3.05, 3.63) is 42.0 Å². The summed E-state index contributed by atoms with van der Waals surface area (Å²) in [6.07, 6.45) is 13.2. The molecule has 1 heterocycles. The molecule has 5 nitrogen and oxygen atoms in total. The average molecular weight is 614 g/mol. The van der Waals surface area contributed by atoms with Crippen LogP contribution in [0.25, 0.3) is 6.08 Å². The first-order valence-electron chi connectivity index (χ1n) is 17.6. The second kappa shape index (κ2) is 11.1. The zero-order valence-electron chi connectivity index (χ0n) is 28.8. The van der Waals surface area contributed by atoms with Crippen molar-refractivity contribution in [1.29, 1.82) is 5.26 Å². The summed E-state index contributed by atoms with van der Waals surface area (Å²) in [5, 5.41) is 10.3. The van der Waals surface area contributed by atoms with Crippen LogP contribution in [0.5, 0.6) is 0 Å². The van der Waals surface area contributed by atoms with Gasteiger partial charge < -0.3 is 9.47 Å². The number of hydrogen-bond acceptors (Lipinski definition) is 5. The van der Waals surface area contributed by atoms with Crippen molar-refractivity contribution in [1.82, 2.24) is 0 Å². The van der Waals surface area contributed by atoms with E-state index in [0.717, 1.165) is 31.4 Å². The Morgan fingerprint density at radius 3 is 2.40 bits per heavy atom. The minimum absolute atomic E-state index is 0.0389. The van der Waals surface area contributed by atoms with E-state index < -0.39 is 11.4 Å². The van der Waals surface area contributed by atoms with Gasteiger partial charge in [-0.15, -0.1) is 0 Å². The number of nitriles is 1. The molecule has 4 saturated carbocycles. The molecule has 1 aromatic rings. The van der Waals surface area contributed by atoms with Crippen molar-refractivity contribution in [2.75, 3.05) is 13.2 Å². The Labute approximate surface area is 271 Å². The van der Waals surface area contributed by atoms with Crippen LogP contribution in [0.1, 0.15) is 112 Å². The molecule has 1 aliphatic heterocycles. The number of carbonyl (C=O) groups is 2. The van der Waals surface area contributed by atoms with Gasteiger partial charge in [0.2, 0.25) is 0 Å². The van der Waals surface area contributed by atoms with Crippen molar-refractivity contribution < 1.29 is 19.1 Å². The van der Waals surface area contributed by atoms with Crippen LogP contribution < -0.4 is 0 Å². The molecule has 0 N–H and O–H groups in total. The summed E-state index contributed by atoms with van der Waals surface area (Å²) in [5.74, 6) is 1.10. The van der Waals surface area contributed by atoms with E-state index >= 15 is 0 Å². The van der Waals surface area contributed by atoms with Crippen LogP contribution in [0.3, 0.4) is 0 Å². The number of Topliss-reactive ketones (excluding diaryl/α,β-unsaturated/α-hetero) is 1. The van der Waals surface area contributed by atoms with Gasteiger partial charge in [0.1, 0.15) is 0 Å². The maximum atomic E-state index is 13.9. The Balaban J connectivity index is 1.23. The molecule has 5 heteroatoms. The summed E-state index contributed by atoms with van der Waals surface area (Å²) < 4.78 is 12.2. The lowest BCUT2D eigenvalue weighted by Crippen LogP contribution is -2.66. The summed E-state index contributed by atoms with van der Waals surface area (Å²) in [7, 11) is 0. The number of benzene rings is 1. The molecule has 1 saturated heterocycles. The summed E-state index contributed by atoms with van der Waals surface area (Å²) in [5.41, 5.74) is 0.728. The minimum atomic E-state index is -0.717. The topological polar surface area (TPSA) is 76.4 Å². The van der Waals surface area contributed by atoms with Crippen LogP contribution in [0.15, 0.2) is 36.4 Å². The van der Waals surface area contributed by atoms with Crippen LogP contribution in [-0.4, -0.2) is 31.1 Å². The van der Waals surface area contributed by atoms with E-state index in [1.807, 2.05) is 44.2 Å². The molecular formula is C40H55NO4. The highest BCUT2D eigenvalue weighted by Gasteiger charge is 2.72. The van der Waals surface area contributed by atoms with Gasteiger partial charge in [-0.1, -0.05) is 78.8 Å². The van der Waals surface area contributed by atoms with E-state index in [2.05, 4.69) is 40.7 Å². The molecule has 0 radical (unpaired) electrons. The van der Waals surface area contributed by atoms with E-state index in [4.69, 9.17) is 9.47 Å². The van der Waals surface area contributed by atoms with Gasteiger partial charge in [0, 0.05) is 17.9 Å². The van der Waals surface area contributed by atoms with E-state index in [-0.39, 0.29) is 40.0 Å². The molecule has 9 atom stereocenters. The fourth-order valence-corrected chi connectivity index (χ4v) is 12.2. The number of fused-ring (bicyclic) bond motifs is 3. The molecule has 4 aliphatic carbocycles. The zero-order valence-corrected chi connectivity index (χ0v) is 28.8. The fraction of sp³-hybridized carbons (Fsp3) is 0.725. The molecule has 0 amide bonds. The molecule has 0 aromatic heterocycles. The summed E-state index contributed by atoms with van der Waals surface area (Å²) in [4.78, 5) is 26.4. The Kier molecular flexibility index (Phi) is 7.99. The van der Waals surface area contributed by atoms with Crippen LogP contribution in [-0.2, 0) is 19.1 Å². The van der Waals surface area contributed by atoms with Gasteiger partial charge in [0.15, 0.2) is 12.4 Å². The van der Waals surface area contributed by atoms with Crippen LogP contribution in [0.4, 0.5) is 0 Å². The van der Waals surface area contributed by atoms with Gasteiger partial charge >= 0.3 is 5.97 Å². The third-order valence-electron chi connectivity index (χ3n) is 15.0. The standard InChI is InChI=1S/C40H55NO4/c1-35(2)19-21-40-22-20-38(6)28(33(40)34(35)45-26-40)14-15-30-37(5,23-24-41)29(17-18-39(30,38)7)36(3,4)31(42)25-44-32(43)16-13-27-11-9-8-10-12-27/h8-13,16,28-30,33-34H,14-15,17-23,25-26H2,1-7H3/b16-13+/t28-,29+,30-,33+,34-,37+,38-,39-,40-/m1/s1. The van der Waals surface area contributed by atoms with Gasteiger partial charge in [0.25, 0.3) is 0 Å². The van der Waals surface area contributed by atoms with Crippen LogP contribution in [0.2, 0.25) is 0 Å². The highest BCUT2D eigenvalue weighted by Crippen LogP contribution is 2.77. The second-order valence-corrected chi connectivity index (χ2v) is 17.6. The number of carbonyl (C=O) groups excluding carboxylic acids is 2. The largest absolute Gasteiger partial charge is 0.455 e.